The standard InChI is InChI=1S/C18H20N4O/c19-9-13-14(20)7-8-15-16(13)11-3-1-2-4-12(11)17(22-15)18(23)21-10-5-6-10/h7-10,19H,1-6,20H2,(H,21,23). The molecular weight excluding hydrogens is 288 g/mol. The number of anilines is 1. The number of rotatable bonds is 3. The molecule has 5 heteroatoms. The molecule has 1 aromatic carbocycles. The summed E-state index contributed by atoms with van der Waals surface area (Å²) in [5, 5.41) is 11.7. The van der Waals surface area contributed by atoms with E-state index in [2.05, 4.69) is 10.3 Å². The zero-order valence-corrected chi connectivity index (χ0v) is 13.0. The molecule has 0 radical (unpaired) electrons. The summed E-state index contributed by atoms with van der Waals surface area (Å²) in [6, 6.07) is 3.95. The highest BCUT2D eigenvalue weighted by Gasteiger charge is 2.28. The van der Waals surface area contributed by atoms with Crippen molar-refractivity contribution in [2.75, 3.05) is 5.73 Å². The summed E-state index contributed by atoms with van der Waals surface area (Å²) in [6.07, 6.45) is 7.40. The molecule has 4 N–H and O–H groups in total. The number of carbonyl (C=O) groups is 1. The number of nitrogens with one attached hydrogen (secondary N) is 2. The van der Waals surface area contributed by atoms with Gasteiger partial charge in [0.25, 0.3) is 5.91 Å². The largest absolute Gasteiger partial charge is 0.398 e. The quantitative estimate of drug-likeness (QED) is 0.601. The lowest BCUT2D eigenvalue weighted by Crippen LogP contribution is -2.28. The second-order valence-electron chi connectivity index (χ2n) is 6.48. The summed E-state index contributed by atoms with van der Waals surface area (Å²) in [4.78, 5) is 17.2. The van der Waals surface area contributed by atoms with Crippen molar-refractivity contribution >= 4 is 28.7 Å². The highest BCUT2D eigenvalue weighted by molar-refractivity contribution is 6.06. The Labute approximate surface area is 134 Å². The van der Waals surface area contributed by atoms with Crippen LogP contribution < -0.4 is 11.1 Å². The lowest BCUT2D eigenvalue weighted by molar-refractivity contribution is 0.0945. The fourth-order valence-electron chi connectivity index (χ4n) is 3.49. The molecule has 1 aromatic heterocycles. The van der Waals surface area contributed by atoms with Crippen LogP contribution in [0.4, 0.5) is 5.69 Å². The van der Waals surface area contributed by atoms with E-state index in [0.717, 1.165) is 66.1 Å². The van der Waals surface area contributed by atoms with E-state index in [1.54, 1.807) is 6.07 Å². The van der Waals surface area contributed by atoms with Crippen LogP contribution >= 0.6 is 0 Å². The van der Waals surface area contributed by atoms with Crippen molar-refractivity contribution in [1.82, 2.24) is 10.3 Å². The number of carbonyl (C=O) groups excluding carboxylic acids is 1. The van der Waals surface area contributed by atoms with Crippen molar-refractivity contribution < 1.29 is 4.79 Å². The van der Waals surface area contributed by atoms with Gasteiger partial charge in [0.05, 0.1) is 5.52 Å². The van der Waals surface area contributed by atoms with Crippen LogP contribution in [0.3, 0.4) is 0 Å². The Morgan fingerprint density at radius 1 is 1.26 bits per heavy atom. The Kier molecular flexibility index (Phi) is 3.29. The van der Waals surface area contributed by atoms with Gasteiger partial charge in [0.2, 0.25) is 0 Å². The molecule has 2 aromatic rings. The van der Waals surface area contributed by atoms with Gasteiger partial charge in [-0.3, -0.25) is 4.79 Å². The van der Waals surface area contributed by atoms with Gasteiger partial charge in [-0.15, -0.1) is 0 Å². The number of hydrogen-bond acceptors (Lipinski definition) is 4. The van der Waals surface area contributed by atoms with E-state index in [9.17, 15) is 4.79 Å². The van der Waals surface area contributed by atoms with E-state index in [0.29, 0.717) is 17.4 Å². The molecule has 0 spiro atoms. The van der Waals surface area contributed by atoms with Gasteiger partial charge in [0, 0.05) is 28.9 Å². The Bertz CT molecular complexity index is 824. The first-order valence-electron chi connectivity index (χ1n) is 8.24. The van der Waals surface area contributed by atoms with Gasteiger partial charge in [0.1, 0.15) is 5.69 Å². The van der Waals surface area contributed by atoms with Crippen molar-refractivity contribution in [1.29, 1.82) is 5.41 Å². The van der Waals surface area contributed by atoms with Gasteiger partial charge in [-0.05, 0) is 61.8 Å². The minimum Gasteiger partial charge on any atom is -0.398 e. The first-order valence-corrected chi connectivity index (χ1v) is 8.24. The zero-order chi connectivity index (χ0) is 16.0. The number of nitrogen functional groups attached to an aromatic ring is 1. The Morgan fingerprint density at radius 3 is 2.70 bits per heavy atom. The first-order chi connectivity index (χ1) is 11.2. The van der Waals surface area contributed by atoms with E-state index in [4.69, 9.17) is 11.1 Å². The van der Waals surface area contributed by atoms with Crippen molar-refractivity contribution in [3.63, 3.8) is 0 Å². The minimum atomic E-state index is -0.0548. The number of benzene rings is 1. The summed E-state index contributed by atoms with van der Waals surface area (Å²) in [7, 11) is 0. The maximum Gasteiger partial charge on any atom is 0.270 e. The molecule has 2 aliphatic rings. The Hall–Kier alpha value is -2.43. The SMILES string of the molecule is N=Cc1c(N)ccc2nc(C(=O)NC3CC3)c3c(c12)CCCC3. The maximum absolute atomic E-state index is 12.6. The predicted octanol–water partition coefficient (Wildman–Crippen LogP) is 2.59. The Balaban J connectivity index is 1.96. The normalized spacial score (nSPS) is 16.9. The predicted molar refractivity (Wildman–Crippen MR) is 91.2 cm³/mol. The number of fused-ring (bicyclic) bond motifs is 3. The molecule has 1 heterocycles. The molecule has 1 amide bonds. The summed E-state index contributed by atoms with van der Waals surface area (Å²) < 4.78 is 0. The third kappa shape index (κ3) is 2.36. The lowest BCUT2D eigenvalue weighted by Gasteiger charge is -2.22. The van der Waals surface area contributed by atoms with Crippen molar-refractivity contribution in [3.8, 4) is 0 Å². The second kappa shape index (κ2) is 5.33. The van der Waals surface area contributed by atoms with Crippen LogP contribution in [0.15, 0.2) is 12.1 Å². The topological polar surface area (TPSA) is 91.9 Å². The van der Waals surface area contributed by atoms with E-state index in [-0.39, 0.29) is 5.91 Å². The fraction of sp³-hybridized carbons (Fsp3) is 0.389. The Morgan fingerprint density at radius 2 is 2.00 bits per heavy atom. The summed E-state index contributed by atoms with van der Waals surface area (Å²) in [5.41, 5.74) is 10.9. The highest BCUT2D eigenvalue weighted by atomic mass is 16.2. The molecule has 1 saturated carbocycles. The van der Waals surface area contributed by atoms with Gasteiger partial charge in [-0.1, -0.05) is 0 Å². The molecule has 0 aliphatic heterocycles. The number of aromatic nitrogens is 1. The summed E-state index contributed by atoms with van der Waals surface area (Å²) in [5.74, 6) is -0.0548. The van der Waals surface area contributed by atoms with Crippen molar-refractivity contribution in [3.05, 3.63) is 34.5 Å². The number of aryl methyl sites for hydroxylation is 1. The molecule has 1 fully saturated rings. The van der Waals surface area contributed by atoms with Crippen LogP contribution in [0.2, 0.25) is 0 Å². The maximum atomic E-state index is 12.6. The average molecular weight is 308 g/mol. The molecule has 23 heavy (non-hydrogen) atoms. The number of nitrogens with two attached hydrogens (primary N) is 1. The molecule has 4 rings (SSSR count). The number of pyridine rings is 1. The van der Waals surface area contributed by atoms with Crippen LogP contribution in [0.5, 0.6) is 0 Å². The number of nitrogens with zero attached hydrogens (tertiary/aromatic N) is 1. The third-order valence-corrected chi connectivity index (χ3v) is 4.82. The number of amides is 1. The molecule has 0 saturated heterocycles. The molecule has 0 bridgehead atoms. The molecule has 118 valence electrons. The van der Waals surface area contributed by atoms with E-state index in [1.807, 2.05) is 6.07 Å². The molecular formula is C18H20N4O. The van der Waals surface area contributed by atoms with Crippen LogP contribution in [0.25, 0.3) is 10.9 Å². The van der Waals surface area contributed by atoms with Gasteiger partial charge in [-0.25, -0.2) is 4.98 Å². The smallest absolute Gasteiger partial charge is 0.270 e. The van der Waals surface area contributed by atoms with Crippen molar-refractivity contribution in [2.45, 2.75) is 44.6 Å². The highest BCUT2D eigenvalue weighted by Crippen LogP contribution is 2.34. The van der Waals surface area contributed by atoms with Crippen LogP contribution in [-0.2, 0) is 12.8 Å². The third-order valence-electron chi connectivity index (χ3n) is 4.82. The molecule has 0 atom stereocenters. The van der Waals surface area contributed by atoms with Gasteiger partial charge >= 0.3 is 0 Å². The number of hydrogen-bond donors (Lipinski definition) is 3. The average Bonchev–Trinajstić information content (AvgIpc) is 3.38. The molecule has 2 aliphatic carbocycles. The molecule has 0 unspecified atom stereocenters. The van der Waals surface area contributed by atoms with Crippen LogP contribution in [-0.4, -0.2) is 23.1 Å². The fourth-order valence-corrected chi connectivity index (χ4v) is 3.49. The van der Waals surface area contributed by atoms with E-state index >= 15 is 0 Å². The van der Waals surface area contributed by atoms with E-state index < -0.39 is 0 Å². The minimum absolute atomic E-state index is 0.0548. The van der Waals surface area contributed by atoms with Gasteiger partial charge in [0.15, 0.2) is 0 Å². The van der Waals surface area contributed by atoms with Gasteiger partial charge < -0.3 is 16.5 Å². The summed E-state index contributed by atoms with van der Waals surface area (Å²) >= 11 is 0. The monoisotopic (exact) mass is 308 g/mol. The van der Waals surface area contributed by atoms with Crippen LogP contribution in [0, 0.1) is 5.41 Å². The second-order valence-corrected chi connectivity index (χ2v) is 6.48. The first kappa shape index (κ1) is 14.2. The van der Waals surface area contributed by atoms with E-state index in [1.165, 1.54) is 6.21 Å². The lowest BCUT2D eigenvalue weighted by atomic mass is 9.86. The van der Waals surface area contributed by atoms with Crippen LogP contribution in [0.1, 0.15) is 52.9 Å². The zero-order valence-electron chi connectivity index (χ0n) is 13.0. The van der Waals surface area contributed by atoms with Crippen molar-refractivity contribution in [2.24, 2.45) is 0 Å². The molecule has 5 nitrogen and oxygen atoms in total. The van der Waals surface area contributed by atoms with Gasteiger partial charge in [-0.2, -0.15) is 0 Å². The summed E-state index contributed by atoms with van der Waals surface area (Å²) in [6.45, 7) is 0.